The van der Waals surface area contributed by atoms with E-state index in [4.69, 9.17) is 12.2 Å². The average Bonchev–Trinajstić information content (AvgIpc) is 2.47. The van der Waals surface area contributed by atoms with Gasteiger partial charge in [0, 0.05) is 17.6 Å². The van der Waals surface area contributed by atoms with Crippen molar-refractivity contribution in [1.29, 1.82) is 0 Å². The molecule has 2 rings (SSSR count). The van der Waals surface area contributed by atoms with E-state index in [0.29, 0.717) is 15.3 Å². The van der Waals surface area contributed by atoms with Gasteiger partial charge in [-0.25, -0.2) is 4.39 Å². The van der Waals surface area contributed by atoms with Gasteiger partial charge in [-0.3, -0.25) is 0 Å². The van der Waals surface area contributed by atoms with Gasteiger partial charge in [-0.1, -0.05) is 22.9 Å². The third kappa shape index (κ3) is 5.82. The summed E-state index contributed by atoms with van der Waals surface area (Å²) in [4.78, 5) is 2.51. The molecule has 0 amide bonds. The third-order valence-electron chi connectivity index (χ3n) is 3.86. The normalized spacial score (nSPS) is 19.0. The smallest absolute Gasteiger partial charge is 0.170 e. The second kappa shape index (κ2) is 8.79. The summed E-state index contributed by atoms with van der Waals surface area (Å²) in [6.07, 6.45) is 3.69. The van der Waals surface area contributed by atoms with Crippen molar-refractivity contribution in [3.8, 4) is 0 Å². The zero-order chi connectivity index (χ0) is 15.9. The van der Waals surface area contributed by atoms with E-state index in [0.717, 1.165) is 25.4 Å². The predicted molar refractivity (Wildman–Crippen MR) is 97.8 cm³/mol. The first-order valence-electron chi connectivity index (χ1n) is 7.77. The summed E-state index contributed by atoms with van der Waals surface area (Å²) in [5, 5.41) is 6.50. The van der Waals surface area contributed by atoms with Crippen LogP contribution in [0, 0.1) is 11.7 Å². The summed E-state index contributed by atoms with van der Waals surface area (Å²) in [6.45, 7) is 6.61. The molecule has 1 aromatic carbocycles. The molecule has 1 aromatic rings. The Bertz CT molecular complexity index is 512. The Morgan fingerprint density at radius 1 is 1.50 bits per heavy atom. The van der Waals surface area contributed by atoms with Crippen LogP contribution < -0.4 is 10.6 Å². The molecule has 0 unspecified atom stereocenters. The number of thiocarbonyl (C=S) groups is 1. The lowest BCUT2D eigenvalue weighted by Gasteiger charge is -2.30. The van der Waals surface area contributed by atoms with E-state index < -0.39 is 0 Å². The lowest BCUT2D eigenvalue weighted by molar-refractivity contribution is 0.182. The first-order chi connectivity index (χ1) is 10.5. The third-order valence-corrected chi connectivity index (χ3v) is 4.60. The van der Waals surface area contributed by atoms with Crippen molar-refractivity contribution < 1.29 is 4.39 Å². The number of hydrogen-bond donors (Lipinski definition) is 2. The van der Waals surface area contributed by atoms with Crippen LogP contribution in [0.15, 0.2) is 22.7 Å². The molecule has 1 fully saturated rings. The van der Waals surface area contributed by atoms with Crippen molar-refractivity contribution in [3.63, 3.8) is 0 Å². The average molecular weight is 388 g/mol. The molecule has 1 heterocycles. The molecule has 0 spiro atoms. The van der Waals surface area contributed by atoms with Crippen molar-refractivity contribution in [2.24, 2.45) is 5.92 Å². The largest absolute Gasteiger partial charge is 0.362 e. The molecule has 0 aromatic heterocycles. The van der Waals surface area contributed by atoms with E-state index >= 15 is 0 Å². The monoisotopic (exact) mass is 387 g/mol. The Morgan fingerprint density at radius 3 is 3.05 bits per heavy atom. The van der Waals surface area contributed by atoms with Crippen LogP contribution in [0.25, 0.3) is 0 Å². The van der Waals surface area contributed by atoms with Gasteiger partial charge in [0.15, 0.2) is 5.11 Å². The fourth-order valence-electron chi connectivity index (χ4n) is 2.75. The van der Waals surface area contributed by atoms with Crippen molar-refractivity contribution in [1.82, 2.24) is 10.2 Å². The van der Waals surface area contributed by atoms with Gasteiger partial charge in [0.1, 0.15) is 5.82 Å². The Labute approximate surface area is 145 Å². The number of benzene rings is 1. The van der Waals surface area contributed by atoms with E-state index in [9.17, 15) is 4.39 Å². The lowest BCUT2D eigenvalue weighted by atomic mass is 10.0. The van der Waals surface area contributed by atoms with Crippen molar-refractivity contribution >= 4 is 38.9 Å². The zero-order valence-corrected chi connectivity index (χ0v) is 15.3. The fourth-order valence-corrected chi connectivity index (χ4v) is 3.30. The highest BCUT2D eigenvalue weighted by atomic mass is 79.9. The number of anilines is 1. The summed E-state index contributed by atoms with van der Waals surface area (Å²) in [5.41, 5.74) is 0.394. The highest BCUT2D eigenvalue weighted by molar-refractivity contribution is 9.10. The van der Waals surface area contributed by atoms with E-state index in [1.54, 1.807) is 12.1 Å². The summed E-state index contributed by atoms with van der Waals surface area (Å²) >= 11 is 8.44. The van der Waals surface area contributed by atoms with Crippen LogP contribution >= 0.6 is 28.1 Å². The van der Waals surface area contributed by atoms with Crippen molar-refractivity contribution in [2.45, 2.75) is 26.2 Å². The lowest BCUT2D eigenvalue weighted by Crippen LogP contribution is -2.37. The standard InChI is InChI=1S/C16H23BrFN3S/c1-12-4-2-8-21(11-12)9-3-7-19-16(22)20-15-6-5-13(17)10-14(15)18/h5-6,10,12H,2-4,7-9,11H2,1H3,(H2,19,20,22)/t12-/m0/s1. The number of nitrogens with one attached hydrogen (secondary N) is 2. The number of hydrogen-bond acceptors (Lipinski definition) is 2. The van der Waals surface area contributed by atoms with E-state index in [2.05, 4.69) is 38.4 Å². The van der Waals surface area contributed by atoms with Crippen molar-refractivity contribution in [2.75, 3.05) is 31.5 Å². The van der Waals surface area contributed by atoms with Crippen LogP contribution in [-0.2, 0) is 0 Å². The maximum absolute atomic E-state index is 13.7. The number of halogens is 2. The SMILES string of the molecule is C[C@H]1CCCN(CCCNC(=S)Nc2ccc(Br)cc2F)C1. The molecule has 122 valence electrons. The van der Waals surface area contributed by atoms with Gasteiger partial charge in [0.25, 0.3) is 0 Å². The quantitative estimate of drug-likeness (QED) is 0.589. The van der Waals surface area contributed by atoms with Gasteiger partial charge in [-0.2, -0.15) is 0 Å². The van der Waals surface area contributed by atoms with E-state index in [-0.39, 0.29) is 5.82 Å². The van der Waals surface area contributed by atoms with Crippen LogP contribution in [0.5, 0.6) is 0 Å². The Morgan fingerprint density at radius 2 is 2.32 bits per heavy atom. The molecule has 1 aliphatic heterocycles. The van der Waals surface area contributed by atoms with Gasteiger partial charge < -0.3 is 15.5 Å². The molecule has 0 radical (unpaired) electrons. The molecule has 1 aliphatic rings. The maximum Gasteiger partial charge on any atom is 0.170 e. The minimum Gasteiger partial charge on any atom is -0.362 e. The van der Waals surface area contributed by atoms with Gasteiger partial charge in [0.05, 0.1) is 5.69 Å². The topological polar surface area (TPSA) is 27.3 Å². The highest BCUT2D eigenvalue weighted by Crippen LogP contribution is 2.19. The highest BCUT2D eigenvalue weighted by Gasteiger charge is 2.15. The molecule has 1 atom stereocenters. The van der Waals surface area contributed by atoms with Gasteiger partial charge in [0.2, 0.25) is 0 Å². The van der Waals surface area contributed by atoms with Crippen LogP contribution in [0.1, 0.15) is 26.2 Å². The molecule has 0 saturated carbocycles. The van der Waals surface area contributed by atoms with E-state index in [1.807, 2.05) is 0 Å². The van der Waals surface area contributed by atoms with Gasteiger partial charge in [-0.05, 0) is 68.7 Å². The summed E-state index contributed by atoms with van der Waals surface area (Å²) in [5.74, 6) is 0.491. The maximum atomic E-state index is 13.7. The second-order valence-corrected chi connectivity index (χ2v) is 7.23. The molecule has 0 bridgehead atoms. The Balaban J connectivity index is 1.65. The van der Waals surface area contributed by atoms with Gasteiger partial charge in [-0.15, -0.1) is 0 Å². The molecule has 6 heteroatoms. The van der Waals surface area contributed by atoms with Crippen LogP contribution in [0.4, 0.5) is 10.1 Å². The summed E-state index contributed by atoms with van der Waals surface area (Å²) in [7, 11) is 0. The molecular weight excluding hydrogens is 365 g/mol. The number of rotatable bonds is 5. The zero-order valence-electron chi connectivity index (χ0n) is 12.9. The minimum absolute atomic E-state index is 0.319. The summed E-state index contributed by atoms with van der Waals surface area (Å²) < 4.78 is 14.4. The molecule has 0 aliphatic carbocycles. The second-order valence-electron chi connectivity index (χ2n) is 5.91. The fraction of sp³-hybridized carbons (Fsp3) is 0.562. The molecular formula is C16H23BrFN3S. The van der Waals surface area contributed by atoms with Crippen molar-refractivity contribution in [3.05, 3.63) is 28.5 Å². The molecule has 22 heavy (non-hydrogen) atoms. The van der Waals surface area contributed by atoms with Gasteiger partial charge >= 0.3 is 0 Å². The first-order valence-corrected chi connectivity index (χ1v) is 8.97. The van der Waals surface area contributed by atoms with Crippen LogP contribution in [0.3, 0.4) is 0 Å². The molecule has 3 nitrogen and oxygen atoms in total. The first kappa shape index (κ1) is 17.6. The molecule has 2 N–H and O–H groups in total. The van der Waals surface area contributed by atoms with Crippen LogP contribution in [-0.4, -0.2) is 36.2 Å². The summed E-state index contributed by atoms with van der Waals surface area (Å²) in [6, 6.07) is 4.87. The number of nitrogens with zero attached hydrogens (tertiary/aromatic N) is 1. The number of likely N-dealkylation sites (tertiary alicyclic amines) is 1. The Hall–Kier alpha value is -0.720. The number of piperidine rings is 1. The Kier molecular flexibility index (Phi) is 7.05. The molecule has 1 saturated heterocycles. The van der Waals surface area contributed by atoms with Crippen LogP contribution in [0.2, 0.25) is 0 Å². The minimum atomic E-state index is -0.319. The predicted octanol–water partition coefficient (Wildman–Crippen LogP) is 4.00. The van der Waals surface area contributed by atoms with E-state index in [1.165, 1.54) is 32.0 Å².